The average molecular weight is 585 g/mol. The molecule has 12 heteroatoms. The molecule has 2 aromatic heterocycles. The molecule has 4 rings (SSSR count). The van der Waals surface area contributed by atoms with Crippen LogP contribution in [0.4, 0.5) is 20.3 Å². The molecule has 0 bridgehead atoms. The lowest BCUT2D eigenvalue weighted by molar-refractivity contribution is 0.0989. The number of carbonyl (C=O) groups excluding carboxylic acids is 1. The van der Waals surface area contributed by atoms with Gasteiger partial charge in [-0.3, -0.25) is 9.36 Å². The number of pyridine rings is 1. The van der Waals surface area contributed by atoms with Gasteiger partial charge < -0.3 is 15.4 Å². The lowest BCUT2D eigenvalue weighted by atomic mass is 10.1. The first-order chi connectivity index (χ1) is 19.7. The molecule has 0 saturated heterocycles. The minimum absolute atomic E-state index is 0.00661. The number of rotatable bonds is 12. The number of aromatic nitrogens is 4. The first-order valence-electron chi connectivity index (χ1n) is 13.3. The van der Waals surface area contributed by atoms with Crippen LogP contribution in [0.5, 0.6) is 0 Å². The standard InChI is InChI=1S/C29H31ClF2N6O3/c1-4-10-18(3)33-26-20(28(39)34-25-21(30)13-9-14-22(25)31)15-23(32)27(35-26)38-29(40)37(5-2)24(36-38)17-41-16-19-11-7-6-8-12-19/h6-9,11-15,18H,4-5,10,16-17H2,1-3H3,(H,33,35)(H,34,39)/t18-/m0/s1. The first-order valence-corrected chi connectivity index (χ1v) is 13.6. The number of hydrogen-bond donors (Lipinski definition) is 2. The van der Waals surface area contributed by atoms with Gasteiger partial charge in [0.25, 0.3) is 5.91 Å². The molecule has 0 aliphatic rings. The lowest BCUT2D eigenvalue weighted by Gasteiger charge is -2.18. The molecule has 2 heterocycles. The van der Waals surface area contributed by atoms with Crippen molar-refractivity contribution in [2.45, 2.75) is 59.4 Å². The fourth-order valence-electron chi connectivity index (χ4n) is 4.28. The van der Waals surface area contributed by atoms with Crippen LogP contribution in [0.15, 0.2) is 59.4 Å². The van der Waals surface area contributed by atoms with E-state index in [1.54, 1.807) is 6.92 Å². The van der Waals surface area contributed by atoms with Crippen molar-refractivity contribution < 1.29 is 18.3 Å². The Morgan fingerprint density at radius 1 is 1.07 bits per heavy atom. The molecule has 2 aromatic carbocycles. The predicted octanol–water partition coefficient (Wildman–Crippen LogP) is 5.95. The van der Waals surface area contributed by atoms with E-state index >= 15 is 4.39 Å². The van der Waals surface area contributed by atoms with Gasteiger partial charge in [0.15, 0.2) is 17.5 Å². The van der Waals surface area contributed by atoms with Crippen molar-refractivity contribution in [3.05, 3.63) is 98.7 Å². The summed E-state index contributed by atoms with van der Waals surface area (Å²) in [5.41, 5.74) is -0.0928. The molecule has 0 radical (unpaired) electrons. The number of para-hydroxylation sites is 1. The van der Waals surface area contributed by atoms with E-state index < -0.39 is 29.0 Å². The van der Waals surface area contributed by atoms with Crippen molar-refractivity contribution in [2.24, 2.45) is 0 Å². The van der Waals surface area contributed by atoms with Gasteiger partial charge in [0.2, 0.25) is 0 Å². The van der Waals surface area contributed by atoms with Crippen LogP contribution in [0.2, 0.25) is 5.02 Å². The second-order valence-electron chi connectivity index (χ2n) is 9.41. The van der Waals surface area contributed by atoms with Gasteiger partial charge in [-0.15, -0.1) is 5.10 Å². The maximum atomic E-state index is 15.5. The maximum Gasteiger partial charge on any atom is 0.352 e. The molecule has 0 saturated carbocycles. The van der Waals surface area contributed by atoms with Crippen LogP contribution in [-0.2, 0) is 24.5 Å². The molecule has 41 heavy (non-hydrogen) atoms. The van der Waals surface area contributed by atoms with Crippen LogP contribution in [0.1, 0.15) is 55.4 Å². The van der Waals surface area contributed by atoms with Crippen molar-refractivity contribution in [1.29, 1.82) is 0 Å². The van der Waals surface area contributed by atoms with E-state index in [1.807, 2.05) is 44.2 Å². The Hall–Kier alpha value is -4.09. The molecule has 4 aromatic rings. The largest absolute Gasteiger partial charge is 0.369 e. The minimum Gasteiger partial charge on any atom is -0.369 e. The zero-order valence-electron chi connectivity index (χ0n) is 23.0. The lowest BCUT2D eigenvalue weighted by Crippen LogP contribution is -2.27. The number of nitrogens with zero attached hydrogens (tertiary/aromatic N) is 4. The highest BCUT2D eigenvalue weighted by Crippen LogP contribution is 2.27. The van der Waals surface area contributed by atoms with E-state index in [2.05, 4.69) is 20.7 Å². The monoisotopic (exact) mass is 584 g/mol. The summed E-state index contributed by atoms with van der Waals surface area (Å²) < 4.78 is 37.9. The molecule has 0 unspecified atom stereocenters. The average Bonchev–Trinajstić information content (AvgIpc) is 3.26. The SMILES string of the molecule is CCC[C@H](C)Nc1nc(-n2nc(COCc3ccccc3)n(CC)c2=O)c(F)cc1C(=O)Nc1c(F)cccc1Cl. The van der Waals surface area contributed by atoms with Gasteiger partial charge in [-0.2, -0.15) is 4.68 Å². The highest BCUT2D eigenvalue weighted by Gasteiger charge is 2.24. The van der Waals surface area contributed by atoms with E-state index in [0.717, 1.165) is 35.2 Å². The minimum atomic E-state index is -0.969. The third-order valence-corrected chi connectivity index (χ3v) is 6.62. The summed E-state index contributed by atoms with van der Waals surface area (Å²) in [6.45, 7) is 6.22. The highest BCUT2D eigenvalue weighted by molar-refractivity contribution is 6.34. The highest BCUT2D eigenvalue weighted by atomic mass is 35.5. The Labute approximate surface area is 241 Å². The third-order valence-electron chi connectivity index (χ3n) is 6.31. The molecular formula is C29H31ClF2N6O3. The number of ether oxygens (including phenoxy) is 1. The summed E-state index contributed by atoms with van der Waals surface area (Å²) in [5.74, 6) is -2.64. The van der Waals surface area contributed by atoms with Crippen molar-refractivity contribution in [1.82, 2.24) is 19.3 Å². The van der Waals surface area contributed by atoms with Gasteiger partial charge >= 0.3 is 5.69 Å². The molecular weight excluding hydrogens is 554 g/mol. The van der Waals surface area contributed by atoms with Gasteiger partial charge in [0.1, 0.15) is 18.2 Å². The zero-order valence-corrected chi connectivity index (χ0v) is 23.7. The van der Waals surface area contributed by atoms with E-state index in [0.29, 0.717) is 12.4 Å². The quantitative estimate of drug-likeness (QED) is 0.213. The van der Waals surface area contributed by atoms with E-state index in [9.17, 15) is 14.0 Å². The smallest absolute Gasteiger partial charge is 0.352 e. The zero-order chi connectivity index (χ0) is 29.5. The number of amides is 1. The molecule has 1 amide bonds. The molecule has 9 nitrogen and oxygen atoms in total. The van der Waals surface area contributed by atoms with Crippen molar-refractivity contribution >= 4 is 29.0 Å². The number of nitrogens with one attached hydrogen (secondary N) is 2. The van der Waals surface area contributed by atoms with Crippen molar-refractivity contribution in [2.75, 3.05) is 10.6 Å². The summed E-state index contributed by atoms with van der Waals surface area (Å²) in [6.07, 6.45) is 1.56. The fourth-order valence-corrected chi connectivity index (χ4v) is 4.49. The molecule has 0 aliphatic carbocycles. The van der Waals surface area contributed by atoms with Crippen LogP contribution >= 0.6 is 11.6 Å². The Kier molecular flexibility index (Phi) is 9.85. The topological polar surface area (TPSA) is 103 Å². The van der Waals surface area contributed by atoms with Crippen LogP contribution in [0.3, 0.4) is 0 Å². The number of halogens is 3. The van der Waals surface area contributed by atoms with Crippen LogP contribution in [0, 0.1) is 11.6 Å². The summed E-state index contributed by atoms with van der Waals surface area (Å²) in [6, 6.07) is 14.3. The molecule has 216 valence electrons. The molecule has 2 N–H and O–H groups in total. The Bertz CT molecular complexity index is 1550. The van der Waals surface area contributed by atoms with Crippen LogP contribution in [-0.4, -0.2) is 31.3 Å². The van der Waals surface area contributed by atoms with E-state index in [-0.39, 0.29) is 41.3 Å². The Morgan fingerprint density at radius 3 is 2.51 bits per heavy atom. The Morgan fingerprint density at radius 2 is 1.83 bits per heavy atom. The number of benzene rings is 2. The van der Waals surface area contributed by atoms with E-state index in [4.69, 9.17) is 16.3 Å². The molecule has 1 atom stereocenters. The number of anilines is 2. The fraction of sp³-hybridized carbons (Fsp3) is 0.310. The van der Waals surface area contributed by atoms with Crippen molar-refractivity contribution in [3.8, 4) is 5.82 Å². The van der Waals surface area contributed by atoms with Gasteiger partial charge in [-0.1, -0.05) is 61.3 Å². The van der Waals surface area contributed by atoms with Crippen LogP contribution in [0.25, 0.3) is 5.82 Å². The second-order valence-corrected chi connectivity index (χ2v) is 9.82. The summed E-state index contributed by atoms with van der Waals surface area (Å²) in [4.78, 5) is 30.7. The van der Waals surface area contributed by atoms with Crippen LogP contribution < -0.4 is 16.3 Å². The first kappa shape index (κ1) is 29.9. The summed E-state index contributed by atoms with van der Waals surface area (Å²) in [5, 5.41) is 9.80. The normalized spacial score (nSPS) is 11.9. The predicted molar refractivity (Wildman–Crippen MR) is 154 cm³/mol. The summed E-state index contributed by atoms with van der Waals surface area (Å²) >= 11 is 6.06. The maximum absolute atomic E-state index is 15.5. The van der Waals surface area contributed by atoms with E-state index in [1.165, 1.54) is 16.7 Å². The van der Waals surface area contributed by atoms with Crippen molar-refractivity contribution in [3.63, 3.8) is 0 Å². The molecule has 0 fully saturated rings. The number of carbonyl (C=O) groups is 1. The van der Waals surface area contributed by atoms with Gasteiger partial charge in [-0.05, 0) is 44.0 Å². The van der Waals surface area contributed by atoms with Gasteiger partial charge in [-0.25, -0.2) is 18.6 Å². The molecule has 0 aliphatic heterocycles. The van der Waals surface area contributed by atoms with Gasteiger partial charge in [0.05, 0.1) is 22.9 Å². The third kappa shape index (κ3) is 6.98. The summed E-state index contributed by atoms with van der Waals surface area (Å²) in [7, 11) is 0. The second kappa shape index (κ2) is 13.5. The molecule has 0 spiro atoms. The van der Waals surface area contributed by atoms with Gasteiger partial charge in [0, 0.05) is 12.6 Å². The Balaban J connectivity index is 1.70. The number of hydrogen-bond acceptors (Lipinski definition) is 6.